The van der Waals surface area contributed by atoms with Gasteiger partial charge >= 0.3 is 5.97 Å². The maximum Gasteiger partial charge on any atom is 0.310 e. The number of esters is 1. The molecule has 9 heteroatoms. The molecule has 2 rings (SSSR count). The number of hydrogen-bond acceptors (Lipinski definition) is 6. The van der Waals surface area contributed by atoms with Gasteiger partial charge < -0.3 is 21.1 Å². The molecule has 1 saturated heterocycles. The van der Waals surface area contributed by atoms with Gasteiger partial charge in [0.05, 0.1) is 11.6 Å². The number of anilines is 1. The van der Waals surface area contributed by atoms with Crippen molar-refractivity contribution in [1.29, 1.82) is 0 Å². The van der Waals surface area contributed by atoms with Crippen molar-refractivity contribution in [2.45, 2.75) is 45.1 Å². The summed E-state index contributed by atoms with van der Waals surface area (Å²) in [7, 11) is 0. The Morgan fingerprint density at radius 1 is 1.58 bits per heavy atom. The van der Waals surface area contributed by atoms with E-state index in [0.29, 0.717) is 19.5 Å². The molecule has 2 atom stereocenters. The van der Waals surface area contributed by atoms with Gasteiger partial charge in [-0.15, -0.1) is 28.3 Å². The van der Waals surface area contributed by atoms with Crippen molar-refractivity contribution in [2.24, 2.45) is 11.7 Å². The first-order valence-electron chi connectivity index (χ1n) is 7.90. The Hall–Kier alpha value is -0.930. The number of carbonyl (C=O) groups excluding carboxylic acids is 1. The minimum Gasteiger partial charge on any atom is -0.453 e. The first-order valence-corrected chi connectivity index (χ1v) is 9.19. The largest absolute Gasteiger partial charge is 0.453 e. The fraction of sp³-hybridized carbons (Fsp3) is 0.667. The molecule has 1 aromatic heterocycles. The summed E-state index contributed by atoms with van der Waals surface area (Å²) in [6, 6.07) is 0. The highest BCUT2D eigenvalue weighted by molar-refractivity contribution is 8.93. The number of nitrogens with zero attached hydrogens (tertiary/aromatic N) is 1. The number of cyclic esters (lactones) is 1. The van der Waals surface area contributed by atoms with Gasteiger partial charge in [-0.3, -0.25) is 4.79 Å². The van der Waals surface area contributed by atoms with E-state index in [2.05, 4.69) is 22.5 Å². The summed E-state index contributed by atoms with van der Waals surface area (Å²) in [4.78, 5) is 16.6. The van der Waals surface area contributed by atoms with Crippen LogP contribution in [0.15, 0.2) is 5.38 Å². The van der Waals surface area contributed by atoms with Crippen molar-refractivity contribution < 1.29 is 9.53 Å². The van der Waals surface area contributed by atoms with Crippen LogP contribution >= 0.6 is 40.5 Å². The lowest BCUT2D eigenvalue weighted by Gasteiger charge is -2.19. The number of unbranched alkanes of at least 4 members (excludes halogenated alkanes) is 1. The summed E-state index contributed by atoms with van der Waals surface area (Å²) in [6.45, 7) is 5.38. The summed E-state index contributed by atoms with van der Waals surface area (Å²) >= 11 is 6.26. The second kappa shape index (κ2) is 9.53. The number of ether oxygens (including phenoxy) is 1. The predicted octanol–water partition coefficient (Wildman–Crippen LogP) is 2.93. The van der Waals surface area contributed by atoms with Crippen molar-refractivity contribution >= 4 is 56.7 Å². The molecule has 24 heavy (non-hydrogen) atoms. The Morgan fingerprint density at radius 2 is 2.33 bits per heavy atom. The maximum absolute atomic E-state index is 12.1. The molecule has 0 radical (unpaired) electrons. The SMILES string of the molecule is Br.CCCCC1CC(C)(c2csc(NCCNC(N)=S)n2)OC1=O. The first kappa shape index (κ1) is 21.1. The third-order valence-corrected chi connectivity index (χ3v) is 4.89. The van der Waals surface area contributed by atoms with Gasteiger partial charge in [-0.2, -0.15) is 0 Å². The molecule has 2 unspecified atom stereocenters. The Bertz CT molecular complexity index is 569. The number of thiocarbonyl (C=S) groups is 1. The maximum atomic E-state index is 12.1. The molecule has 0 amide bonds. The predicted molar refractivity (Wildman–Crippen MR) is 107 cm³/mol. The second-order valence-corrected chi connectivity index (χ2v) is 7.25. The highest BCUT2D eigenvalue weighted by Gasteiger charge is 2.45. The lowest BCUT2D eigenvalue weighted by atomic mass is 9.90. The Labute approximate surface area is 162 Å². The van der Waals surface area contributed by atoms with Gasteiger partial charge in [0.15, 0.2) is 15.8 Å². The molecule has 0 aromatic carbocycles. The van der Waals surface area contributed by atoms with Crippen LogP contribution in [0.2, 0.25) is 0 Å². The van der Waals surface area contributed by atoms with E-state index in [4.69, 9.17) is 22.7 Å². The number of halogens is 1. The van der Waals surface area contributed by atoms with Crippen molar-refractivity contribution in [3.05, 3.63) is 11.1 Å². The van der Waals surface area contributed by atoms with E-state index in [0.717, 1.165) is 30.1 Å². The number of aromatic nitrogens is 1. The second-order valence-electron chi connectivity index (χ2n) is 5.95. The van der Waals surface area contributed by atoms with Crippen LogP contribution in [0.4, 0.5) is 5.13 Å². The van der Waals surface area contributed by atoms with Crippen LogP contribution in [0.5, 0.6) is 0 Å². The van der Waals surface area contributed by atoms with Gasteiger partial charge in [0, 0.05) is 24.9 Å². The summed E-state index contributed by atoms with van der Waals surface area (Å²) in [5, 5.41) is 9.13. The number of thiazole rings is 1. The molecule has 1 aliphatic heterocycles. The Morgan fingerprint density at radius 3 is 3.00 bits per heavy atom. The van der Waals surface area contributed by atoms with Crippen LogP contribution in [0, 0.1) is 5.92 Å². The van der Waals surface area contributed by atoms with Gasteiger partial charge in [0.2, 0.25) is 0 Å². The molecule has 2 heterocycles. The number of hydrogen-bond donors (Lipinski definition) is 3. The van der Waals surface area contributed by atoms with Crippen LogP contribution in [-0.2, 0) is 15.1 Å². The van der Waals surface area contributed by atoms with Gasteiger partial charge in [0.1, 0.15) is 0 Å². The van der Waals surface area contributed by atoms with Gasteiger partial charge in [-0.1, -0.05) is 19.8 Å². The Kier molecular flexibility index (Phi) is 8.38. The van der Waals surface area contributed by atoms with Crippen molar-refractivity contribution in [3.63, 3.8) is 0 Å². The standard InChI is InChI=1S/C15H24N4O2S2.BrH/c1-3-4-5-10-8-15(2,21-12(10)20)11-9-23-14(19-11)18-7-6-17-13(16)22;/h9-10H,3-8H2,1-2H3,(H,18,19)(H3,16,17,22);1H. The lowest BCUT2D eigenvalue weighted by molar-refractivity contribution is -0.150. The highest BCUT2D eigenvalue weighted by Crippen LogP contribution is 2.42. The minimum absolute atomic E-state index is 0. The summed E-state index contributed by atoms with van der Waals surface area (Å²) in [6.07, 6.45) is 3.74. The van der Waals surface area contributed by atoms with E-state index in [1.807, 2.05) is 12.3 Å². The summed E-state index contributed by atoms with van der Waals surface area (Å²) in [5.74, 6) is -0.100. The molecule has 1 aliphatic rings. The number of rotatable bonds is 8. The quantitative estimate of drug-likeness (QED) is 0.327. The van der Waals surface area contributed by atoms with Crippen molar-refractivity contribution in [2.75, 3.05) is 18.4 Å². The third-order valence-electron chi connectivity index (χ3n) is 3.95. The van der Waals surface area contributed by atoms with E-state index in [1.165, 1.54) is 11.3 Å². The fourth-order valence-electron chi connectivity index (χ4n) is 2.68. The highest BCUT2D eigenvalue weighted by atomic mass is 79.9. The molecule has 4 N–H and O–H groups in total. The number of nitrogens with one attached hydrogen (secondary N) is 2. The zero-order chi connectivity index (χ0) is 16.9. The lowest BCUT2D eigenvalue weighted by Crippen LogP contribution is -2.32. The van der Waals surface area contributed by atoms with Gasteiger partial charge in [0.25, 0.3) is 0 Å². The van der Waals surface area contributed by atoms with Gasteiger partial charge in [-0.25, -0.2) is 4.98 Å². The normalized spacial score (nSPS) is 22.6. The molecule has 0 saturated carbocycles. The molecule has 0 aliphatic carbocycles. The molecule has 0 spiro atoms. The average molecular weight is 437 g/mol. The van der Waals surface area contributed by atoms with Crippen molar-refractivity contribution in [1.82, 2.24) is 10.3 Å². The first-order chi connectivity index (χ1) is 10.9. The topological polar surface area (TPSA) is 89.3 Å². The molecular weight excluding hydrogens is 412 g/mol. The number of carbonyl (C=O) groups is 1. The third kappa shape index (κ3) is 5.56. The number of nitrogens with two attached hydrogens (primary N) is 1. The van der Waals surface area contributed by atoms with E-state index in [9.17, 15) is 4.79 Å². The zero-order valence-corrected chi connectivity index (χ0v) is 17.3. The van der Waals surface area contributed by atoms with Crippen molar-refractivity contribution in [3.8, 4) is 0 Å². The molecule has 0 bridgehead atoms. The van der Waals surface area contributed by atoms with E-state index in [1.54, 1.807) is 0 Å². The monoisotopic (exact) mass is 436 g/mol. The van der Waals surface area contributed by atoms with Crippen LogP contribution in [-0.4, -0.2) is 29.2 Å². The Balaban J connectivity index is 0.00000288. The molecule has 1 fully saturated rings. The molecule has 6 nitrogen and oxygen atoms in total. The van der Waals surface area contributed by atoms with Crippen LogP contribution in [0.1, 0.15) is 45.2 Å². The molecule has 136 valence electrons. The molecule has 1 aromatic rings. The van der Waals surface area contributed by atoms with E-state index in [-0.39, 0.29) is 34.0 Å². The van der Waals surface area contributed by atoms with Crippen LogP contribution in [0.25, 0.3) is 0 Å². The smallest absolute Gasteiger partial charge is 0.310 e. The summed E-state index contributed by atoms with van der Waals surface area (Å²) in [5.41, 5.74) is 5.58. The van der Waals surface area contributed by atoms with E-state index >= 15 is 0 Å². The van der Waals surface area contributed by atoms with Crippen LogP contribution < -0.4 is 16.4 Å². The van der Waals surface area contributed by atoms with Gasteiger partial charge in [-0.05, 0) is 25.6 Å². The summed E-state index contributed by atoms with van der Waals surface area (Å²) < 4.78 is 5.65. The fourth-order valence-corrected chi connectivity index (χ4v) is 3.64. The van der Waals surface area contributed by atoms with E-state index < -0.39 is 5.60 Å². The zero-order valence-electron chi connectivity index (χ0n) is 14.0. The molecular formula is C15H25BrN4O2S2. The van der Waals surface area contributed by atoms with Crippen LogP contribution in [0.3, 0.4) is 0 Å². The average Bonchev–Trinajstić information content (AvgIpc) is 3.07. The minimum atomic E-state index is -0.608.